The molecule has 2 fully saturated rings. The molecule has 30 heavy (non-hydrogen) atoms. The predicted molar refractivity (Wildman–Crippen MR) is 120 cm³/mol. The van der Waals surface area contributed by atoms with E-state index in [2.05, 4.69) is 48.5 Å². The van der Waals surface area contributed by atoms with Crippen molar-refractivity contribution in [2.45, 2.75) is 52.1 Å². The lowest BCUT2D eigenvalue weighted by Gasteiger charge is -2.34. The zero-order valence-electron chi connectivity index (χ0n) is 18.5. The van der Waals surface area contributed by atoms with Crippen LogP contribution < -0.4 is 16.0 Å². The smallest absolute Gasteiger partial charge is 0.256 e. The first kappa shape index (κ1) is 21.1. The second kappa shape index (κ2) is 7.82. The number of likely N-dealkylation sites (tertiary alicyclic amines) is 1. The summed E-state index contributed by atoms with van der Waals surface area (Å²) in [4.78, 5) is 28.2. The van der Waals surface area contributed by atoms with Gasteiger partial charge >= 0.3 is 0 Å². The van der Waals surface area contributed by atoms with Gasteiger partial charge < -0.3 is 20.9 Å². The lowest BCUT2D eigenvalue weighted by atomic mass is 9.70. The van der Waals surface area contributed by atoms with Crippen LogP contribution in [-0.2, 0) is 9.59 Å². The maximum atomic E-state index is 13.2. The summed E-state index contributed by atoms with van der Waals surface area (Å²) < 4.78 is 0. The number of hydrogen-bond donors (Lipinski definition) is 3. The van der Waals surface area contributed by atoms with Gasteiger partial charge in [0, 0.05) is 41.5 Å². The highest BCUT2D eigenvalue weighted by molar-refractivity contribution is 6.31. The van der Waals surface area contributed by atoms with Crippen molar-refractivity contribution in [2.75, 3.05) is 31.5 Å². The van der Waals surface area contributed by atoms with E-state index in [1.54, 1.807) is 0 Å². The number of carbonyl (C=O) groups is 2. The van der Waals surface area contributed by atoms with E-state index in [0.29, 0.717) is 12.1 Å². The van der Waals surface area contributed by atoms with Crippen molar-refractivity contribution in [1.29, 1.82) is 0 Å². The number of para-hydroxylation sites is 1. The first-order chi connectivity index (χ1) is 14.2. The summed E-state index contributed by atoms with van der Waals surface area (Å²) in [5, 5.41) is 9.75. The van der Waals surface area contributed by atoms with Crippen molar-refractivity contribution in [3.63, 3.8) is 0 Å². The van der Waals surface area contributed by atoms with Crippen molar-refractivity contribution in [3.8, 4) is 0 Å². The molecular weight excluding hydrogens is 376 g/mol. The Morgan fingerprint density at radius 2 is 1.90 bits per heavy atom. The van der Waals surface area contributed by atoms with Crippen molar-refractivity contribution in [1.82, 2.24) is 15.5 Å². The molecular formula is C24H34N4O2. The third kappa shape index (κ3) is 3.79. The number of amides is 2. The number of nitrogens with one attached hydrogen (secondary N) is 3. The number of hydrogen-bond acceptors (Lipinski definition) is 4. The predicted octanol–water partition coefficient (Wildman–Crippen LogP) is 2.63. The normalized spacial score (nSPS) is 28.5. The second-order valence-corrected chi connectivity index (χ2v) is 10.0. The fraction of sp³-hybridized carbons (Fsp3) is 0.583. The Labute approximate surface area is 179 Å². The third-order valence-electron chi connectivity index (χ3n) is 7.03. The van der Waals surface area contributed by atoms with Crippen LogP contribution in [0.5, 0.6) is 0 Å². The molecule has 0 bridgehead atoms. The van der Waals surface area contributed by atoms with Gasteiger partial charge in [-0.05, 0) is 51.3 Å². The summed E-state index contributed by atoms with van der Waals surface area (Å²) in [6.45, 7) is 12.3. The van der Waals surface area contributed by atoms with Crippen molar-refractivity contribution in [2.24, 2.45) is 11.3 Å². The van der Waals surface area contributed by atoms with Crippen LogP contribution >= 0.6 is 0 Å². The maximum Gasteiger partial charge on any atom is 0.256 e. The maximum absolute atomic E-state index is 13.2. The van der Waals surface area contributed by atoms with Crippen LogP contribution in [0.15, 0.2) is 30.3 Å². The van der Waals surface area contributed by atoms with Crippen LogP contribution in [0.4, 0.5) is 5.69 Å². The van der Waals surface area contributed by atoms with Gasteiger partial charge in [-0.25, -0.2) is 0 Å². The summed E-state index contributed by atoms with van der Waals surface area (Å²) >= 11 is 0. The molecule has 3 aliphatic rings. The van der Waals surface area contributed by atoms with E-state index in [1.807, 2.05) is 30.3 Å². The summed E-state index contributed by atoms with van der Waals surface area (Å²) in [6.07, 6.45) is 4.53. The Morgan fingerprint density at radius 3 is 2.63 bits per heavy atom. The minimum absolute atomic E-state index is 0.0786. The van der Waals surface area contributed by atoms with Gasteiger partial charge in [0.25, 0.3) is 5.91 Å². The fourth-order valence-electron chi connectivity index (χ4n) is 5.62. The molecule has 3 N–H and O–H groups in total. The lowest BCUT2D eigenvalue weighted by molar-refractivity contribution is -0.129. The summed E-state index contributed by atoms with van der Waals surface area (Å²) in [5.41, 5.74) is 1.74. The molecule has 2 amide bonds. The zero-order chi connectivity index (χ0) is 21.5. The molecule has 2 atom stereocenters. The molecule has 162 valence electrons. The van der Waals surface area contributed by atoms with E-state index >= 15 is 0 Å². The quantitative estimate of drug-likeness (QED) is 0.653. The first-order valence-electron chi connectivity index (χ1n) is 11.1. The van der Waals surface area contributed by atoms with Crippen molar-refractivity contribution in [3.05, 3.63) is 35.9 Å². The van der Waals surface area contributed by atoms with E-state index in [0.717, 1.165) is 30.9 Å². The molecule has 0 saturated carbocycles. The fourth-order valence-corrected chi connectivity index (χ4v) is 5.62. The highest BCUT2D eigenvalue weighted by Gasteiger charge is 2.55. The number of rotatable bonds is 5. The van der Waals surface area contributed by atoms with Gasteiger partial charge in [0.15, 0.2) is 0 Å². The molecule has 0 aromatic heterocycles. The number of fused-ring (bicyclic) bond motifs is 1. The minimum Gasteiger partial charge on any atom is -0.354 e. The van der Waals surface area contributed by atoms with Gasteiger partial charge in [0.1, 0.15) is 0 Å². The summed E-state index contributed by atoms with van der Waals surface area (Å²) in [7, 11) is 0. The molecule has 4 rings (SSSR count). The van der Waals surface area contributed by atoms with Crippen LogP contribution in [0, 0.1) is 11.3 Å². The average molecular weight is 411 g/mol. The average Bonchev–Trinajstić information content (AvgIpc) is 3.32. The van der Waals surface area contributed by atoms with Crippen LogP contribution in [0.25, 0.3) is 5.57 Å². The Kier molecular flexibility index (Phi) is 5.49. The molecule has 2 saturated heterocycles. The van der Waals surface area contributed by atoms with Crippen LogP contribution in [0.1, 0.15) is 46.1 Å². The summed E-state index contributed by atoms with van der Waals surface area (Å²) in [6, 6.07) is 7.66. The van der Waals surface area contributed by atoms with Gasteiger partial charge in [-0.3, -0.25) is 9.59 Å². The Bertz CT molecular complexity index is 868. The largest absolute Gasteiger partial charge is 0.354 e. The zero-order valence-corrected chi connectivity index (χ0v) is 18.5. The standard InChI is InChI=1S/C24H34N4O2/c1-23(2)19(15-17-16-9-5-6-10-18(16)26-21(17)29)27-24(3,4)20(23)22(30)25-11-14-28-12-7-8-13-28/h5-6,9-10,15,19-20,27H,7-8,11-14H2,1-4H3,(H,25,30)(H,26,29)/b17-15-. The minimum atomic E-state index is -0.377. The van der Waals surface area contributed by atoms with Gasteiger partial charge in [0.2, 0.25) is 5.91 Å². The van der Waals surface area contributed by atoms with Crippen LogP contribution in [0.2, 0.25) is 0 Å². The van der Waals surface area contributed by atoms with Crippen LogP contribution in [0.3, 0.4) is 0 Å². The van der Waals surface area contributed by atoms with E-state index in [1.165, 1.54) is 12.8 Å². The summed E-state index contributed by atoms with van der Waals surface area (Å²) in [5.74, 6) is -0.191. The highest BCUT2D eigenvalue weighted by Crippen LogP contribution is 2.46. The van der Waals surface area contributed by atoms with E-state index in [9.17, 15) is 9.59 Å². The van der Waals surface area contributed by atoms with Crippen molar-refractivity contribution < 1.29 is 9.59 Å². The van der Waals surface area contributed by atoms with Gasteiger partial charge in [-0.2, -0.15) is 0 Å². The number of nitrogens with zero attached hydrogens (tertiary/aromatic N) is 1. The molecule has 0 radical (unpaired) electrons. The topological polar surface area (TPSA) is 73.5 Å². The van der Waals surface area contributed by atoms with Gasteiger partial charge in [-0.15, -0.1) is 0 Å². The van der Waals surface area contributed by atoms with E-state index < -0.39 is 0 Å². The second-order valence-electron chi connectivity index (χ2n) is 10.0. The van der Waals surface area contributed by atoms with Crippen molar-refractivity contribution >= 4 is 23.1 Å². The Balaban J connectivity index is 1.51. The first-order valence-corrected chi connectivity index (χ1v) is 11.1. The van der Waals surface area contributed by atoms with E-state index in [-0.39, 0.29) is 34.7 Å². The molecule has 6 nitrogen and oxygen atoms in total. The van der Waals surface area contributed by atoms with Crippen LogP contribution in [-0.4, -0.2) is 54.5 Å². The van der Waals surface area contributed by atoms with Gasteiger partial charge in [0.05, 0.1) is 5.92 Å². The van der Waals surface area contributed by atoms with Gasteiger partial charge in [-0.1, -0.05) is 38.1 Å². The Hall–Kier alpha value is -2.18. The number of benzene rings is 1. The molecule has 1 aromatic rings. The molecule has 2 unspecified atom stereocenters. The highest BCUT2D eigenvalue weighted by atomic mass is 16.2. The lowest BCUT2D eigenvalue weighted by Crippen LogP contribution is -2.49. The van der Waals surface area contributed by atoms with E-state index in [4.69, 9.17) is 0 Å². The molecule has 0 spiro atoms. The number of anilines is 1. The Morgan fingerprint density at radius 1 is 1.20 bits per heavy atom. The monoisotopic (exact) mass is 410 g/mol. The number of carbonyl (C=O) groups excluding carboxylic acids is 2. The SMILES string of the molecule is CC1(C)NC(/C=C2\C(=O)Nc3ccccc32)C(C)(C)C1C(=O)NCCN1CCCC1. The molecule has 6 heteroatoms. The molecule has 1 aromatic carbocycles. The third-order valence-corrected chi connectivity index (χ3v) is 7.03. The molecule has 3 heterocycles. The molecule has 0 aliphatic carbocycles. The molecule has 3 aliphatic heterocycles.